The van der Waals surface area contributed by atoms with Gasteiger partial charge in [-0.25, -0.2) is 65.9 Å². The SMILES string of the molecule is Cc1cc2c(c(C(F)(F)F)c1)OC(C)CC2.Cc1cc2c(c(C(F)(F)F)c1C(F)(F)F)OC(C)CC2.Cc1cc2c(c(C(F)F)c1)OC(C)CC2.Cc1cc2c(c(C(F)F)c1C(F)F)OC(C)CC2.Cc1cc2c(c(C(F)F)c1F)OC(C)CC2.Cc1cc2c(c(F)c1C(F)(F)F)OC(C)CC2.Cc1cc2c(c(F)c1C(F)F)OC(C)CC2.Cc1cc2c(cc1C(F)(F)F)OC(C)CC2.Cc1cc2c(cc1C(F)F)OC(C)CC2. The number of rotatable bonds is 6. The average molecular weight is 2150 g/mol. The fraction of sp³-hybridized carbons (Fsp3) is 0.509. The fourth-order valence-electron chi connectivity index (χ4n) is 18.9. The summed E-state index contributed by atoms with van der Waals surface area (Å²) in [5, 5.41) is 0. The van der Waals surface area contributed by atoms with Crippen molar-refractivity contribution < 1.29 is 174 Å². The van der Waals surface area contributed by atoms with Crippen molar-refractivity contribution in [2.24, 2.45) is 0 Å². The molecule has 9 unspecified atom stereocenters. The molecule has 18 rings (SSSR count). The van der Waals surface area contributed by atoms with Gasteiger partial charge < -0.3 is 42.6 Å². The third kappa shape index (κ3) is 30.1. The van der Waals surface area contributed by atoms with Crippen LogP contribution in [0.15, 0.2) is 78.9 Å². The lowest BCUT2D eigenvalue weighted by Gasteiger charge is -2.29. The molecule has 149 heavy (non-hydrogen) atoms. The minimum atomic E-state index is -5.11. The van der Waals surface area contributed by atoms with Gasteiger partial charge in [0, 0.05) is 11.1 Å². The van der Waals surface area contributed by atoms with Crippen molar-refractivity contribution in [3.8, 4) is 51.7 Å². The first-order valence-corrected chi connectivity index (χ1v) is 48.5. The first-order chi connectivity index (χ1) is 69.1. The normalized spacial score (nSPS) is 19.7. The molecule has 9 aromatic carbocycles. The molecule has 0 aromatic heterocycles. The van der Waals surface area contributed by atoms with Crippen molar-refractivity contribution >= 4 is 0 Å². The molecule has 0 N–H and O–H groups in total. The molecule has 9 atom stereocenters. The second-order valence-electron chi connectivity index (χ2n) is 38.9. The lowest BCUT2D eigenvalue weighted by atomic mass is 9.91. The van der Waals surface area contributed by atoms with E-state index in [2.05, 4.69) is 0 Å². The summed E-state index contributed by atoms with van der Waals surface area (Å²) in [5.41, 5.74) is 0.845. The van der Waals surface area contributed by atoms with Crippen molar-refractivity contribution in [3.05, 3.63) is 258 Å². The van der Waals surface area contributed by atoms with Gasteiger partial charge in [-0.05, 0) is 365 Å². The van der Waals surface area contributed by atoms with Gasteiger partial charge in [-0.2, -0.15) is 65.9 Å². The van der Waals surface area contributed by atoms with Gasteiger partial charge in [-0.15, -0.1) is 0 Å². The van der Waals surface area contributed by atoms with E-state index < -0.39 is 154 Å². The standard InChI is InChI=1S/C13H12F6O.C13H14F4O.C12H12F4O.4C12H13F3O.2C12H14F2O/c1-6-5-8-4-3-7(2)20-11(8)10(13(17,18)19)9(6)12(14,15)16;1-6-5-8-4-3-7(2)18-11(8)10(13(16)17)9(6)12(14)15;1-6-5-8-4-3-7(2)17-11(8)10(13)9(6)12(14,15)16;1-7-5-9-4-3-8(2)16-11(9)6-10(7)12(13,14)15;1-7-5-9-4-3-8(2)16-11(9)10(6-7)12(13,14)15;1-6-5-8-4-3-7(2)16-11(8)9(10(6)13)12(14)15;1-6-5-8-4-3-7(2)16-11(8)10(13)9(6)12(14)15;1-7-5-9-4-3-8(2)15-11(9)6-10(7)12(13)14;1-7-5-9-4-3-8(2)15-11(9)10(6-7)12(13)14/h5,7H,3-4H2,1-2H3;5,7,12-13H,3-4H2,1-2H3;5,7H,3-4H2,1-2H3;2*5-6,8H,3-4H2,1-2H3;2*5,7,12H,3-4H2,1-2H3;2*5-6,8,12H,3-4H2,1-2H3. The quantitative estimate of drug-likeness (QED) is 0.151. The zero-order valence-electron chi connectivity index (χ0n) is 84.9. The Hall–Kier alpha value is -10.9. The van der Waals surface area contributed by atoms with E-state index in [0.717, 1.165) is 105 Å². The molecule has 9 aliphatic heterocycles. The average Bonchev–Trinajstić information content (AvgIpc) is 0.733. The number of ether oxygens (including phenoxy) is 9. The molecule has 0 amide bonds. The molecule has 9 nitrogen and oxygen atoms in total. The predicted molar refractivity (Wildman–Crippen MR) is 501 cm³/mol. The van der Waals surface area contributed by atoms with Crippen LogP contribution in [0.3, 0.4) is 0 Å². The van der Waals surface area contributed by atoms with Crippen LogP contribution in [0.5, 0.6) is 51.7 Å². The van der Waals surface area contributed by atoms with E-state index in [1.165, 1.54) is 65.8 Å². The molecule has 0 spiro atoms. The van der Waals surface area contributed by atoms with Gasteiger partial charge in [-0.1, -0.05) is 54.1 Å². The zero-order valence-corrected chi connectivity index (χ0v) is 84.9. The van der Waals surface area contributed by atoms with Crippen molar-refractivity contribution in [2.75, 3.05) is 0 Å². The minimum Gasteiger partial charge on any atom is -0.490 e. The van der Waals surface area contributed by atoms with Gasteiger partial charge in [0.1, 0.15) is 51.6 Å². The molecule has 0 aliphatic carbocycles. The summed E-state index contributed by atoms with van der Waals surface area (Å²) in [4.78, 5) is 0. The third-order valence-electron chi connectivity index (χ3n) is 26.3. The van der Waals surface area contributed by atoms with E-state index in [-0.39, 0.29) is 123 Å². The van der Waals surface area contributed by atoms with Gasteiger partial charge in [0.25, 0.3) is 38.6 Å². The molecule has 0 bridgehead atoms. The van der Waals surface area contributed by atoms with Gasteiger partial charge in [0.2, 0.25) is 0 Å². The summed E-state index contributed by atoms with van der Waals surface area (Å²) in [6.45, 7) is 29.6. The maximum atomic E-state index is 13.8. The van der Waals surface area contributed by atoms with Crippen LogP contribution in [-0.4, -0.2) is 54.9 Å². The highest BCUT2D eigenvalue weighted by atomic mass is 19.4. The molecule has 9 heterocycles. The van der Waals surface area contributed by atoms with Crippen molar-refractivity contribution in [3.63, 3.8) is 0 Å². The highest BCUT2D eigenvalue weighted by Crippen LogP contribution is 2.53. The summed E-state index contributed by atoms with van der Waals surface area (Å²) in [6, 6.07) is 19.6. The Morgan fingerprint density at radius 2 is 0.497 bits per heavy atom. The monoisotopic (exact) mass is 2150 g/mol. The minimum absolute atomic E-state index is 0.00344. The van der Waals surface area contributed by atoms with Crippen LogP contribution in [0.4, 0.5) is 132 Å². The third-order valence-corrected chi connectivity index (χ3v) is 26.3. The molecule has 822 valence electrons. The summed E-state index contributed by atoms with van der Waals surface area (Å²) in [6.07, 6.45) is -28.2. The molecule has 0 fully saturated rings. The lowest BCUT2D eigenvalue weighted by molar-refractivity contribution is -0.163. The maximum Gasteiger partial charge on any atom is 0.420 e. The van der Waals surface area contributed by atoms with Gasteiger partial charge in [0.05, 0.1) is 99.4 Å². The first kappa shape index (κ1) is 120. The van der Waals surface area contributed by atoms with Crippen LogP contribution in [0, 0.1) is 79.8 Å². The van der Waals surface area contributed by atoms with Gasteiger partial charge in [-0.3, -0.25) is 0 Å². The summed E-state index contributed by atoms with van der Waals surface area (Å²) in [5.74, 6) is -2.44. The van der Waals surface area contributed by atoms with Crippen molar-refractivity contribution in [1.82, 2.24) is 0 Å². The van der Waals surface area contributed by atoms with E-state index in [4.69, 9.17) is 42.6 Å². The Labute approximate surface area is 844 Å². The number of halogens is 30. The Bertz CT molecular complexity index is 6160. The van der Waals surface area contributed by atoms with E-state index in [1.54, 1.807) is 65.8 Å². The zero-order chi connectivity index (χ0) is 111. The highest BCUT2D eigenvalue weighted by Gasteiger charge is 2.50. The highest BCUT2D eigenvalue weighted by molar-refractivity contribution is 5.57. The Balaban J connectivity index is 0.000000172. The molecule has 9 aliphatic rings. The number of benzene rings is 9. The molecule has 39 heteroatoms. The van der Waals surface area contributed by atoms with Crippen molar-refractivity contribution in [1.29, 1.82) is 0 Å². The predicted octanol–water partition coefficient (Wildman–Crippen LogP) is 35.5. The van der Waals surface area contributed by atoms with E-state index in [0.29, 0.717) is 113 Å². The Kier molecular flexibility index (Phi) is 39.6. The van der Waals surface area contributed by atoms with Crippen LogP contribution in [0.2, 0.25) is 0 Å². The van der Waals surface area contributed by atoms with Gasteiger partial charge >= 0.3 is 30.9 Å². The topological polar surface area (TPSA) is 83.1 Å². The van der Waals surface area contributed by atoms with E-state index in [9.17, 15) is 132 Å². The van der Waals surface area contributed by atoms with Gasteiger partial charge in [0.15, 0.2) is 23.1 Å². The van der Waals surface area contributed by atoms with Crippen LogP contribution < -0.4 is 42.6 Å². The number of alkyl halides is 27. The second-order valence-corrected chi connectivity index (χ2v) is 38.9. The number of fused-ring (bicyclic) bond motifs is 9. The molecule has 0 saturated carbocycles. The maximum absolute atomic E-state index is 13.8. The van der Waals surface area contributed by atoms with Crippen LogP contribution in [0.1, 0.15) is 320 Å². The summed E-state index contributed by atoms with van der Waals surface area (Å²) in [7, 11) is 0. The molecular weight excluding hydrogens is 2040 g/mol. The first-order valence-electron chi connectivity index (χ1n) is 48.5. The largest absolute Gasteiger partial charge is 0.490 e. The molecule has 0 radical (unpaired) electrons. The Morgan fingerprint density at radius 1 is 0.208 bits per heavy atom. The summed E-state index contributed by atoms with van der Waals surface area (Å²) >= 11 is 0. The van der Waals surface area contributed by atoms with Crippen LogP contribution in [-0.2, 0) is 88.7 Å². The van der Waals surface area contributed by atoms with E-state index >= 15 is 0 Å². The van der Waals surface area contributed by atoms with E-state index in [1.807, 2.05) is 46.8 Å². The number of hydrogen-bond donors (Lipinski definition) is 0. The van der Waals surface area contributed by atoms with Crippen molar-refractivity contribution in [2.45, 2.75) is 365 Å². The Morgan fingerprint density at radius 3 is 0.893 bits per heavy atom. The second kappa shape index (κ2) is 49.2. The number of aryl methyl sites for hydroxylation is 18. The number of hydrogen-bond acceptors (Lipinski definition) is 9. The molecule has 9 aromatic rings. The summed E-state index contributed by atoms with van der Waals surface area (Å²) < 4.78 is 436. The lowest BCUT2D eigenvalue weighted by Crippen LogP contribution is -2.26. The van der Waals surface area contributed by atoms with Crippen LogP contribution >= 0.6 is 0 Å². The molecule has 0 saturated heterocycles. The fourth-order valence-corrected chi connectivity index (χ4v) is 18.9. The van der Waals surface area contributed by atoms with Crippen LogP contribution in [0.25, 0.3) is 0 Å². The smallest absolute Gasteiger partial charge is 0.420 e. The molecular formula is C110H118F30O9.